The lowest BCUT2D eigenvalue weighted by molar-refractivity contribution is -0.657. The summed E-state index contributed by atoms with van der Waals surface area (Å²) in [7, 11) is 2.14. The second-order valence-electron chi connectivity index (χ2n) is 6.86. The van der Waals surface area contributed by atoms with Crippen molar-refractivity contribution in [1.82, 2.24) is 4.40 Å². The zero-order valence-electron chi connectivity index (χ0n) is 14.0. The average Bonchev–Trinajstić information content (AvgIpc) is 3.19. The molecule has 1 aliphatic rings. The van der Waals surface area contributed by atoms with Crippen LogP contribution >= 0.6 is 0 Å². The summed E-state index contributed by atoms with van der Waals surface area (Å²) in [6, 6.07) is 21.7. The summed E-state index contributed by atoms with van der Waals surface area (Å²) < 4.78 is 7.07. The van der Waals surface area contributed by atoms with Crippen LogP contribution in [0.4, 0.5) is 0 Å². The van der Waals surface area contributed by atoms with Crippen LogP contribution in [0, 0.1) is 0 Å². The number of aryl methyl sites for hydroxylation is 1. The number of hydrogen-bond donors (Lipinski definition) is 0. The van der Waals surface area contributed by atoms with Crippen molar-refractivity contribution in [2.75, 3.05) is 0 Å². The molecule has 0 amide bonds. The zero-order valence-corrected chi connectivity index (χ0v) is 14.0. The van der Waals surface area contributed by atoms with Gasteiger partial charge in [-0.2, -0.15) is 8.97 Å². The molecule has 0 saturated heterocycles. The van der Waals surface area contributed by atoms with E-state index in [1.54, 1.807) is 0 Å². The van der Waals surface area contributed by atoms with E-state index < -0.39 is 0 Å². The molecular weight excluding hydrogens is 306 g/mol. The van der Waals surface area contributed by atoms with Gasteiger partial charge >= 0.3 is 0 Å². The monoisotopic (exact) mass is 323 g/mol. The topological polar surface area (TPSA) is 12.2 Å². The summed E-state index contributed by atoms with van der Waals surface area (Å²) in [4.78, 5) is 0. The Morgan fingerprint density at radius 3 is 2.68 bits per heavy atom. The van der Waals surface area contributed by atoms with Gasteiger partial charge in [-0.25, -0.2) is 4.57 Å². The van der Waals surface area contributed by atoms with Crippen molar-refractivity contribution in [3.8, 4) is 11.3 Å². The molecule has 3 heteroatoms. The normalized spacial score (nSPS) is 12.8. The van der Waals surface area contributed by atoms with Crippen LogP contribution in [0.3, 0.4) is 0 Å². The van der Waals surface area contributed by atoms with Crippen LogP contribution in [0.2, 0.25) is 0 Å². The van der Waals surface area contributed by atoms with E-state index in [9.17, 15) is 0 Å². The van der Waals surface area contributed by atoms with Gasteiger partial charge in [0.25, 0.3) is 11.2 Å². The highest BCUT2D eigenvalue weighted by Gasteiger charge is 2.33. The number of rotatable bonds is 1. The van der Waals surface area contributed by atoms with Gasteiger partial charge in [0.15, 0.2) is 11.9 Å². The lowest BCUT2D eigenvalue weighted by atomic mass is 10.0. The Labute approximate surface area is 145 Å². The molecule has 6 rings (SSSR count). The lowest BCUT2D eigenvalue weighted by Crippen LogP contribution is -2.30. The number of pyridine rings is 2. The number of nitrogens with zero attached hydrogens (tertiary/aromatic N) is 3. The number of benzene rings is 2. The van der Waals surface area contributed by atoms with E-state index in [-0.39, 0.29) is 0 Å². The highest BCUT2D eigenvalue weighted by Crippen LogP contribution is 2.35. The number of hydrogen-bond acceptors (Lipinski definition) is 0. The van der Waals surface area contributed by atoms with Crippen molar-refractivity contribution >= 4 is 27.5 Å². The van der Waals surface area contributed by atoms with Crippen molar-refractivity contribution in [2.24, 2.45) is 7.05 Å². The molecule has 3 nitrogen and oxygen atoms in total. The maximum Gasteiger partial charge on any atom is 0.296 e. The number of fused-ring (bicyclic) bond motifs is 3. The number of imidazole rings is 1. The highest BCUT2D eigenvalue weighted by atomic mass is 15.1. The summed E-state index contributed by atoms with van der Waals surface area (Å²) in [6.07, 6.45) is 4.44. The quantitative estimate of drug-likeness (QED) is 0.325. The molecule has 2 aromatic carbocycles. The van der Waals surface area contributed by atoms with E-state index in [4.69, 9.17) is 0 Å². The summed E-state index contributed by atoms with van der Waals surface area (Å²) in [5.74, 6) is 0. The predicted molar refractivity (Wildman–Crippen MR) is 98.3 cm³/mol. The Kier molecular flexibility index (Phi) is 2.34. The molecule has 118 valence electrons. The van der Waals surface area contributed by atoms with E-state index in [0.29, 0.717) is 0 Å². The zero-order chi connectivity index (χ0) is 16.5. The van der Waals surface area contributed by atoms with Crippen molar-refractivity contribution in [1.29, 1.82) is 0 Å². The maximum atomic E-state index is 2.43. The first-order chi connectivity index (χ1) is 12.3. The molecule has 0 unspecified atom stereocenters. The van der Waals surface area contributed by atoms with Crippen LogP contribution in [-0.4, -0.2) is 4.40 Å². The third-order valence-corrected chi connectivity index (χ3v) is 5.44. The fourth-order valence-electron chi connectivity index (χ4n) is 4.42. The minimum Gasteiger partial charge on any atom is -0.225 e. The molecule has 25 heavy (non-hydrogen) atoms. The molecule has 0 spiro atoms. The van der Waals surface area contributed by atoms with Crippen LogP contribution in [-0.2, 0) is 13.6 Å². The Hall–Kier alpha value is -3.20. The first kappa shape index (κ1) is 13.1. The SMILES string of the molecule is C[n+]1cccc2c1c1cccc3c1c1n2c(-c2ccccc2)c[n+]1C3. The molecule has 0 radical (unpaired) electrons. The van der Waals surface area contributed by atoms with Crippen molar-refractivity contribution in [2.45, 2.75) is 6.54 Å². The predicted octanol–water partition coefficient (Wildman–Crippen LogP) is 3.39. The summed E-state index contributed by atoms with van der Waals surface area (Å²) in [6.45, 7) is 0.947. The van der Waals surface area contributed by atoms with Crippen LogP contribution in [0.5, 0.6) is 0 Å². The van der Waals surface area contributed by atoms with E-state index >= 15 is 0 Å². The van der Waals surface area contributed by atoms with Gasteiger partial charge in [0.05, 0.1) is 10.8 Å². The van der Waals surface area contributed by atoms with Crippen molar-refractivity contribution < 1.29 is 9.13 Å². The molecule has 0 atom stereocenters. The van der Waals surface area contributed by atoms with Crippen LogP contribution in [0.25, 0.3) is 38.7 Å². The average molecular weight is 323 g/mol. The Morgan fingerprint density at radius 1 is 0.920 bits per heavy atom. The largest absolute Gasteiger partial charge is 0.296 e. The fraction of sp³-hybridized carbons (Fsp3) is 0.0909. The number of aromatic nitrogens is 3. The van der Waals surface area contributed by atoms with Gasteiger partial charge in [0.1, 0.15) is 19.8 Å². The van der Waals surface area contributed by atoms with Gasteiger partial charge in [0, 0.05) is 17.2 Å². The standard InChI is InChI=1S/C22H17N3/c1-23-12-6-11-18-21(23)17-10-5-9-16-13-24-14-19(15-7-3-2-4-8-15)25(18)22(24)20(16)17/h2-12,14H,13H2,1H3/q+2. The third-order valence-electron chi connectivity index (χ3n) is 5.44. The molecule has 4 heterocycles. The van der Waals surface area contributed by atoms with Gasteiger partial charge in [-0.3, -0.25) is 0 Å². The minimum absolute atomic E-state index is 0.947. The fourth-order valence-corrected chi connectivity index (χ4v) is 4.42. The molecule has 0 aliphatic carbocycles. The molecule has 0 fully saturated rings. The van der Waals surface area contributed by atoms with E-state index in [1.807, 2.05) is 0 Å². The van der Waals surface area contributed by atoms with Gasteiger partial charge in [-0.15, -0.1) is 0 Å². The third kappa shape index (κ3) is 1.55. The van der Waals surface area contributed by atoms with Gasteiger partial charge in [-0.1, -0.05) is 42.5 Å². The van der Waals surface area contributed by atoms with Crippen LogP contribution in [0.1, 0.15) is 5.56 Å². The highest BCUT2D eigenvalue weighted by molar-refractivity contribution is 6.10. The molecule has 0 saturated carbocycles. The second kappa shape index (κ2) is 4.45. The van der Waals surface area contributed by atoms with E-state index in [1.165, 1.54) is 44.3 Å². The van der Waals surface area contributed by atoms with Crippen LogP contribution < -0.4 is 9.13 Å². The first-order valence-electron chi connectivity index (χ1n) is 8.65. The molecule has 1 aliphatic heterocycles. The second-order valence-corrected chi connectivity index (χ2v) is 6.86. The van der Waals surface area contributed by atoms with Crippen molar-refractivity contribution in [3.05, 3.63) is 78.6 Å². The van der Waals surface area contributed by atoms with E-state index in [2.05, 4.69) is 93.6 Å². The van der Waals surface area contributed by atoms with Gasteiger partial charge < -0.3 is 0 Å². The molecular formula is C22H17N3+2. The van der Waals surface area contributed by atoms with Gasteiger partial charge in [-0.05, 0) is 12.1 Å². The summed E-state index contributed by atoms with van der Waals surface area (Å²) in [5, 5.41) is 2.73. The summed E-state index contributed by atoms with van der Waals surface area (Å²) in [5.41, 5.74) is 7.77. The Morgan fingerprint density at radius 2 is 1.80 bits per heavy atom. The first-order valence-corrected chi connectivity index (χ1v) is 8.65. The minimum atomic E-state index is 0.947. The lowest BCUT2D eigenvalue weighted by Gasteiger charge is -2.04. The molecule has 5 aromatic rings. The van der Waals surface area contributed by atoms with E-state index in [0.717, 1.165) is 6.54 Å². The smallest absolute Gasteiger partial charge is 0.225 e. The molecule has 0 bridgehead atoms. The Balaban J connectivity index is 1.95. The van der Waals surface area contributed by atoms with Gasteiger partial charge in [0.2, 0.25) is 5.52 Å². The maximum absolute atomic E-state index is 2.43. The Bertz CT molecular complexity index is 1310. The molecule has 3 aromatic heterocycles. The molecule has 0 N–H and O–H groups in total. The summed E-state index contributed by atoms with van der Waals surface area (Å²) >= 11 is 0. The van der Waals surface area contributed by atoms with Crippen LogP contribution in [0.15, 0.2) is 73.1 Å². The van der Waals surface area contributed by atoms with Crippen molar-refractivity contribution in [3.63, 3.8) is 0 Å².